The molecule has 24 heavy (non-hydrogen) atoms. The van der Waals surface area contributed by atoms with Crippen molar-refractivity contribution in [1.82, 2.24) is 9.97 Å². The Balaban J connectivity index is 1.80. The smallest absolute Gasteiger partial charge is 0.204 e. The van der Waals surface area contributed by atoms with Gasteiger partial charge in [-0.05, 0) is 36.8 Å². The van der Waals surface area contributed by atoms with Crippen molar-refractivity contribution < 1.29 is 4.39 Å². The molecule has 3 aromatic rings. The van der Waals surface area contributed by atoms with Crippen molar-refractivity contribution >= 4 is 22.7 Å². The summed E-state index contributed by atoms with van der Waals surface area (Å²) in [5.41, 5.74) is 5.69. The first-order chi connectivity index (χ1) is 11.8. The molecule has 0 atom stereocenters. The van der Waals surface area contributed by atoms with E-state index in [9.17, 15) is 4.39 Å². The molecular weight excluding hydrogens is 323 g/mol. The lowest BCUT2D eigenvalue weighted by Crippen LogP contribution is -1.90. The minimum atomic E-state index is -0.245. The molecule has 122 valence electrons. The van der Waals surface area contributed by atoms with Gasteiger partial charge in [-0.15, -0.1) is 0 Å². The summed E-state index contributed by atoms with van der Waals surface area (Å²) in [6, 6.07) is 10.2. The van der Waals surface area contributed by atoms with Crippen LogP contribution in [-0.2, 0) is 6.42 Å². The summed E-state index contributed by atoms with van der Waals surface area (Å²) in [4.78, 5) is 9.82. The van der Waals surface area contributed by atoms with Gasteiger partial charge in [0.15, 0.2) is 0 Å². The van der Waals surface area contributed by atoms with Crippen molar-refractivity contribution in [1.29, 1.82) is 0 Å². The van der Waals surface area contributed by atoms with Crippen molar-refractivity contribution in [3.8, 4) is 11.3 Å². The molecule has 0 aliphatic carbocycles. The zero-order valence-electron chi connectivity index (χ0n) is 13.2. The van der Waals surface area contributed by atoms with Gasteiger partial charge in [-0.25, -0.2) is 9.37 Å². The van der Waals surface area contributed by atoms with Crippen molar-refractivity contribution in [2.24, 2.45) is 5.10 Å². The zero-order valence-corrected chi connectivity index (χ0v) is 14.1. The normalized spacial score (nSPS) is 11.1. The number of aryl methyl sites for hydroxylation is 1. The third kappa shape index (κ3) is 4.02. The summed E-state index contributed by atoms with van der Waals surface area (Å²) >= 11 is 1.57. The van der Waals surface area contributed by atoms with Crippen LogP contribution in [0.4, 0.5) is 9.52 Å². The molecule has 0 radical (unpaired) electrons. The highest BCUT2D eigenvalue weighted by Crippen LogP contribution is 2.32. The maximum Gasteiger partial charge on any atom is 0.204 e. The van der Waals surface area contributed by atoms with E-state index in [2.05, 4.69) is 27.4 Å². The van der Waals surface area contributed by atoms with Gasteiger partial charge in [-0.3, -0.25) is 10.4 Å². The third-order valence-electron chi connectivity index (χ3n) is 3.35. The Hall–Kier alpha value is -2.60. The Bertz CT molecular complexity index is 813. The van der Waals surface area contributed by atoms with Gasteiger partial charge in [0.05, 0.1) is 11.9 Å². The lowest BCUT2D eigenvalue weighted by Gasteiger charge is -2.00. The van der Waals surface area contributed by atoms with Crippen LogP contribution in [0.15, 0.2) is 53.9 Å². The molecule has 0 unspecified atom stereocenters. The average molecular weight is 340 g/mol. The number of pyridine rings is 1. The first kappa shape index (κ1) is 16.3. The van der Waals surface area contributed by atoms with E-state index >= 15 is 0 Å². The summed E-state index contributed by atoms with van der Waals surface area (Å²) in [6.45, 7) is 2.13. The Labute approximate surface area is 144 Å². The summed E-state index contributed by atoms with van der Waals surface area (Å²) in [7, 11) is 0. The SMILES string of the molecule is CCCc1sc(NN=Cc2cccnc2)nc1-c1ccc(F)cc1. The van der Waals surface area contributed by atoms with Crippen LogP contribution in [0.25, 0.3) is 11.3 Å². The predicted octanol–water partition coefficient (Wildman–Crippen LogP) is 4.74. The molecule has 0 bridgehead atoms. The molecule has 6 heteroatoms. The zero-order chi connectivity index (χ0) is 16.8. The van der Waals surface area contributed by atoms with Crippen LogP contribution >= 0.6 is 11.3 Å². The highest BCUT2D eigenvalue weighted by molar-refractivity contribution is 7.16. The van der Waals surface area contributed by atoms with Crippen molar-refractivity contribution in [2.45, 2.75) is 19.8 Å². The van der Waals surface area contributed by atoms with Gasteiger partial charge in [0.2, 0.25) is 5.13 Å². The van der Waals surface area contributed by atoms with E-state index in [1.807, 2.05) is 12.1 Å². The quantitative estimate of drug-likeness (QED) is 0.521. The van der Waals surface area contributed by atoms with E-state index in [-0.39, 0.29) is 5.82 Å². The number of rotatable bonds is 6. The second-order valence-corrected chi connectivity index (χ2v) is 6.29. The molecule has 0 aliphatic heterocycles. The molecule has 3 rings (SSSR count). The molecule has 4 nitrogen and oxygen atoms in total. The van der Waals surface area contributed by atoms with Gasteiger partial charge >= 0.3 is 0 Å². The Morgan fingerprint density at radius 2 is 2.08 bits per heavy atom. The van der Waals surface area contributed by atoms with E-state index < -0.39 is 0 Å². The van der Waals surface area contributed by atoms with Crippen molar-refractivity contribution in [2.75, 3.05) is 5.43 Å². The molecule has 1 aromatic carbocycles. The Morgan fingerprint density at radius 3 is 2.79 bits per heavy atom. The Kier molecular flexibility index (Phi) is 5.28. The number of hydrogen-bond acceptors (Lipinski definition) is 5. The summed E-state index contributed by atoms with van der Waals surface area (Å²) in [6.07, 6.45) is 7.11. The number of thiazole rings is 1. The second-order valence-electron chi connectivity index (χ2n) is 5.20. The second kappa shape index (κ2) is 7.79. The number of aromatic nitrogens is 2. The maximum atomic E-state index is 13.1. The number of nitrogens with one attached hydrogen (secondary N) is 1. The van der Waals surface area contributed by atoms with Gasteiger partial charge in [-0.2, -0.15) is 5.10 Å². The van der Waals surface area contributed by atoms with Gasteiger partial charge in [0.25, 0.3) is 0 Å². The first-order valence-electron chi connectivity index (χ1n) is 7.71. The topological polar surface area (TPSA) is 50.2 Å². The highest BCUT2D eigenvalue weighted by atomic mass is 32.1. The fourth-order valence-electron chi connectivity index (χ4n) is 2.24. The number of benzene rings is 1. The predicted molar refractivity (Wildman–Crippen MR) is 97.0 cm³/mol. The van der Waals surface area contributed by atoms with Crippen LogP contribution in [0.5, 0.6) is 0 Å². The van der Waals surface area contributed by atoms with E-state index in [1.165, 1.54) is 17.0 Å². The molecule has 0 spiro atoms. The van der Waals surface area contributed by atoms with Crippen LogP contribution in [0.1, 0.15) is 23.8 Å². The average Bonchev–Trinajstić information content (AvgIpc) is 3.00. The summed E-state index contributed by atoms with van der Waals surface area (Å²) < 4.78 is 13.1. The van der Waals surface area contributed by atoms with Gasteiger partial charge in [0, 0.05) is 28.4 Å². The highest BCUT2D eigenvalue weighted by Gasteiger charge is 2.12. The molecule has 0 saturated heterocycles. The maximum absolute atomic E-state index is 13.1. The number of anilines is 1. The third-order valence-corrected chi connectivity index (χ3v) is 4.37. The van der Waals surface area contributed by atoms with Crippen molar-refractivity contribution in [3.63, 3.8) is 0 Å². The van der Waals surface area contributed by atoms with Crippen LogP contribution < -0.4 is 5.43 Å². The van der Waals surface area contributed by atoms with E-state index in [0.29, 0.717) is 0 Å². The molecule has 2 aromatic heterocycles. The molecule has 0 saturated carbocycles. The van der Waals surface area contributed by atoms with Crippen LogP contribution in [0.3, 0.4) is 0 Å². The number of hydrazone groups is 1. The first-order valence-corrected chi connectivity index (χ1v) is 8.52. The van der Waals surface area contributed by atoms with Crippen molar-refractivity contribution in [3.05, 3.63) is 65.0 Å². The minimum absolute atomic E-state index is 0.245. The van der Waals surface area contributed by atoms with E-state index in [1.54, 1.807) is 42.1 Å². The standard InChI is InChI=1S/C18H17FN4S/c1-2-4-16-17(14-6-8-15(19)9-7-14)22-18(24-16)23-21-12-13-5-3-10-20-11-13/h3,5-12H,2,4H2,1H3,(H,22,23). The van der Waals surface area contributed by atoms with E-state index in [0.717, 1.165) is 34.8 Å². The van der Waals surface area contributed by atoms with Crippen LogP contribution in [-0.4, -0.2) is 16.2 Å². The molecular formula is C18H17FN4S. The number of hydrogen-bond donors (Lipinski definition) is 1. The van der Waals surface area contributed by atoms with Gasteiger partial charge in [-0.1, -0.05) is 30.7 Å². The Morgan fingerprint density at radius 1 is 1.25 bits per heavy atom. The number of nitrogens with zero attached hydrogens (tertiary/aromatic N) is 3. The largest absolute Gasteiger partial charge is 0.264 e. The van der Waals surface area contributed by atoms with E-state index in [4.69, 9.17) is 0 Å². The monoisotopic (exact) mass is 340 g/mol. The summed E-state index contributed by atoms with van der Waals surface area (Å²) in [5, 5.41) is 4.93. The molecule has 0 amide bonds. The molecule has 1 N–H and O–H groups in total. The number of halogens is 1. The van der Waals surface area contributed by atoms with Gasteiger partial charge in [0.1, 0.15) is 5.82 Å². The van der Waals surface area contributed by atoms with Crippen LogP contribution in [0.2, 0.25) is 0 Å². The molecule has 0 fully saturated rings. The van der Waals surface area contributed by atoms with Crippen LogP contribution in [0, 0.1) is 5.82 Å². The lowest BCUT2D eigenvalue weighted by atomic mass is 10.1. The summed E-state index contributed by atoms with van der Waals surface area (Å²) in [5.74, 6) is -0.245. The fraction of sp³-hybridized carbons (Fsp3) is 0.167. The fourth-order valence-corrected chi connectivity index (χ4v) is 3.28. The molecule has 0 aliphatic rings. The minimum Gasteiger partial charge on any atom is -0.264 e. The van der Waals surface area contributed by atoms with Gasteiger partial charge < -0.3 is 0 Å². The molecule has 2 heterocycles. The lowest BCUT2D eigenvalue weighted by molar-refractivity contribution is 0.628.